The summed E-state index contributed by atoms with van der Waals surface area (Å²) in [6.07, 6.45) is 1.89. The summed E-state index contributed by atoms with van der Waals surface area (Å²) in [6, 6.07) is 0. The van der Waals surface area contributed by atoms with Gasteiger partial charge in [0.25, 0.3) is 0 Å². The van der Waals surface area contributed by atoms with E-state index in [1.165, 1.54) is 5.47 Å². The van der Waals surface area contributed by atoms with Gasteiger partial charge in [0.1, 0.15) is 0 Å². The Kier molecular flexibility index (Phi) is 5.64. The first kappa shape index (κ1) is 22.4. The molecule has 0 N–H and O–H groups in total. The maximum Gasteiger partial charge on any atom is 0.396 e. The van der Waals surface area contributed by atoms with Gasteiger partial charge in [0, 0.05) is 17.8 Å². The first-order chi connectivity index (χ1) is 11.4. The SMILES string of the molecule is CC1(C)O[B-]2(OC1(C)C)O[Si](C)(C)C=C2CCCO[Si](C)(C)C(C)(C)C. The Labute approximate surface area is 163 Å². The molecule has 0 amide bonds. The fourth-order valence-corrected chi connectivity index (χ4v) is 6.85. The molecule has 0 aromatic heterocycles. The molecule has 152 valence electrons. The van der Waals surface area contributed by atoms with E-state index in [1.54, 1.807) is 0 Å². The van der Waals surface area contributed by atoms with Gasteiger partial charge in [0.15, 0.2) is 16.6 Å². The summed E-state index contributed by atoms with van der Waals surface area (Å²) >= 11 is 0. The van der Waals surface area contributed by atoms with Crippen molar-refractivity contribution in [1.29, 1.82) is 0 Å². The minimum Gasteiger partial charge on any atom is -0.583 e. The third-order valence-corrected chi connectivity index (χ3v) is 13.2. The predicted molar refractivity (Wildman–Crippen MR) is 115 cm³/mol. The highest BCUT2D eigenvalue weighted by Crippen LogP contribution is 2.49. The molecule has 0 radical (unpaired) electrons. The van der Waals surface area contributed by atoms with Gasteiger partial charge in [0.2, 0.25) is 0 Å². The molecular weight excluding hydrogens is 359 g/mol. The van der Waals surface area contributed by atoms with Crippen molar-refractivity contribution < 1.29 is 18.1 Å². The van der Waals surface area contributed by atoms with E-state index in [2.05, 4.69) is 80.4 Å². The molecule has 2 heterocycles. The standard InChI is InChI=1S/C19H40BO4Si2/c1-17(2,3)26(10,11)21-14-12-13-16-15-25(8,9)24-20(16)22-18(4,5)19(6,7)23-20/h15H,12-14H2,1-11H3/q-1. The third-order valence-electron chi connectivity index (χ3n) is 6.67. The van der Waals surface area contributed by atoms with E-state index in [0.717, 1.165) is 19.4 Å². The van der Waals surface area contributed by atoms with E-state index < -0.39 is 23.4 Å². The quantitative estimate of drug-likeness (QED) is 0.447. The average molecular weight is 400 g/mol. The summed E-state index contributed by atoms with van der Waals surface area (Å²) in [6.45, 7) is 23.2. The lowest BCUT2D eigenvalue weighted by molar-refractivity contribution is 0.00578. The summed E-state index contributed by atoms with van der Waals surface area (Å²) in [7, 11) is -3.60. The van der Waals surface area contributed by atoms with Gasteiger partial charge in [0.05, 0.1) is 0 Å². The van der Waals surface area contributed by atoms with E-state index >= 15 is 0 Å². The molecule has 0 aliphatic carbocycles. The van der Waals surface area contributed by atoms with Crippen molar-refractivity contribution in [2.24, 2.45) is 0 Å². The van der Waals surface area contributed by atoms with Crippen molar-refractivity contribution in [3.05, 3.63) is 11.2 Å². The molecule has 2 rings (SSSR count). The van der Waals surface area contributed by atoms with Crippen LogP contribution in [0.15, 0.2) is 11.2 Å². The highest BCUT2D eigenvalue weighted by Gasteiger charge is 2.57. The van der Waals surface area contributed by atoms with E-state index in [-0.39, 0.29) is 16.2 Å². The van der Waals surface area contributed by atoms with Crippen molar-refractivity contribution in [2.45, 2.75) is 104 Å². The van der Waals surface area contributed by atoms with Gasteiger partial charge in [-0.25, -0.2) is 0 Å². The molecule has 0 saturated carbocycles. The van der Waals surface area contributed by atoms with Crippen molar-refractivity contribution in [3.8, 4) is 0 Å². The summed E-state index contributed by atoms with van der Waals surface area (Å²) in [5.74, 6) is 0. The van der Waals surface area contributed by atoms with Crippen LogP contribution in [0.2, 0.25) is 31.2 Å². The van der Waals surface area contributed by atoms with Gasteiger partial charge in [-0.1, -0.05) is 27.2 Å². The highest BCUT2D eigenvalue weighted by atomic mass is 28.4. The predicted octanol–water partition coefficient (Wildman–Crippen LogP) is 5.57. The minimum atomic E-state index is -1.91. The third kappa shape index (κ3) is 4.23. The maximum atomic E-state index is 6.47. The van der Waals surface area contributed by atoms with Crippen LogP contribution in [0.3, 0.4) is 0 Å². The second-order valence-corrected chi connectivity index (χ2v) is 19.6. The van der Waals surface area contributed by atoms with Crippen LogP contribution < -0.4 is 0 Å². The molecule has 1 spiro atoms. The molecule has 0 atom stereocenters. The molecule has 0 aromatic rings. The fraction of sp³-hybridized carbons (Fsp3) is 0.895. The van der Waals surface area contributed by atoms with Gasteiger partial charge >= 0.3 is 6.75 Å². The van der Waals surface area contributed by atoms with Crippen LogP contribution >= 0.6 is 0 Å². The Morgan fingerprint density at radius 1 is 1.08 bits per heavy atom. The maximum absolute atomic E-state index is 6.47. The van der Waals surface area contributed by atoms with Crippen LogP contribution in [0, 0.1) is 0 Å². The van der Waals surface area contributed by atoms with Crippen molar-refractivity contribution in [2.75, 3.05) is 6.61 Å². The van der Waals surface area contributed by atoms with E-state index in [1.807, 2.05) is 0 Å². The first-order valence-electron chi connectivity index (χ1n) is 10.0. The Balaban J connectivity index is 2.06. The molecule has 26 heavy (non-hydrogen) atoms. The first-order valence-corrected chi connectivity index (χ1v) is 15.9. The fourth-order valence-electron chi connectivity index (χ4n) is 3.41. The smallest absolute Gasteiger partial charge is 0.396 e. The van der Waals surface area contributed by atoms with Crippen LogP contribution in [-0.4, -0.2) is 41.2 Å². The minimum absolute atomic E-state index is 0.245. The summed E-state index contributed by atoms with van der Waals surface area (Å²) in [4.78, 5) is 0. The Morgan fingerprint density at radius 2 is 1.58 bits per heavy atom. The highest BCUT2D eigenvalue weighted by molar-refractivity contribution is 6.91. The molecule has 1 fully saturated rings. The normalized spacial score (nSPS) is 26.3. The van der Waals surface area contributed by atoms with E-state index in [9.17, 15) is 0 Å². The lowest BCUT2D eigenvalue weighted by Gasteiger charge is -2.39. The van der Waals surface area contributed by atoms with Crippen molar-refractivity contribution >= 4 is 23.4 Å². The monoisotopic (exact) mass is 399 g/mol. The molecule has 7 heteroatoms. The van der Waals surface area contributed by atoms with Crippen LogP contribution in [0.25, 0.3) is 0 Å². The molecule has 0 unspecified atom stereocenters. The number of allylic oxidation sites excluding steroid dienone is 1. The summed E-state index contributed by atoms with van der Waals surface area (Å²) in [5.41, 5.74) is 2.78. The Bertz CT molecular complexity index is 561. The lowest BCUT2D eigenvalue weighted by Crippen LogP contribution is -2.47. The largest absolute Gasteiger partial charge is 0.583 e. The second-order valence-electron chi connectivity index (χ2n) is 11.1. The molecule has 0 aromatic carbocycles. The van der Waals surface area contributed by atoms with Gasteiger partial charge < -0.3 is 18.1 Å². The molecule has 2 aliphatic heterocycles. The lowest BCUT2D eigenvalue weighted by atomic mass is 9.68. The van der Waals surface area contributed by atoms with Crippen LogP contribution in [0.4, 0.5) is 0 Å². The van der Waals surface area contributed by atoms with Crippen molar-refractivity contribution in [1.82, 2.24) is 0 Å². The molecule has 4 nitrogen and oxygen atoms in total. The number of rotatable bonds is 5. The zero-order chi connectivity index (χ0) is 20.2. The Hall–Kier alpha value is 0.0787. The van der Waals surface area contributed by atoms with E-state index in [0.29, 0.717) is 0 Å². The van der Waals surface area contributed by atoms with Gasteiger partial charge in [-0.05, 0) is 65.3 Å². The van der Waals surface area contributed by atoms with Crippen LogP contribution in [0.5, 0.6) is 0 Å². The molecule has 2 aliphatic rings. The molecule has 0 bridgehead atoms. The second kappa shape index (κ2) is 6.56. The van der Waals surface area contributed by atoms with Crippen molar-refractivity contribution in [3.63, 3.8) is 0 Å². The average Bonchev–Trinajstić information content (AvgIpc) is 2.71. The van der Waals surface area contributed by atoms with Gasteiger partial charge in [-0.2, -0.15) is 5.47 Å². The summed E-state index contributed by atoms with van der Waals surface area (Å²) in [5, 5.41) is 0.245. The zero-order valence-electron chi connectivity index (χ0n) is 18.9. The topological polar surface area (TPSA) is 36.9 Å². The number of hydrogen-bond donors (Lipinski definition) is 0. The van der Waals surface area contributed by atoms with Gasteiger partial charge in [-0.3, -0.25) is 0 Å². The Morgan fingerprint density at radius 3 is 2.04 bits per heavy atom. The van der Waals surface area contributed by atoms with Crippen LogP contribution in [0.1, 0.15) is 61.3 Å². The number of hydrogen-bond acceptors (Lipinski definition) is 4. The molecular formula is C19H40BO4Si2-. The zero-order valence-corrected chi connectivity index (χ0v) is 20.9. The summed E-state index contributed by atoms with van der Waals surface area (Å²) < 4.78 is 25.7. The van der Waals surface area contributed by atoms with Gasteiger partial charge in [-0.15, -0.1) is 5.70 Å². The van der Waals surface area contributed by atoms with Crippen LogP contribution in [-0.2, 0) is 18.1 Å². The van der Waals surface area contributed by atoms with E-state index in [4.69, 9.17) is 18.1 Å². The molecule has 1 saturated heterocycles.